The zero-order chi connectivity index (χ0) is 20.9. The lowest BCUT2D eigenvalue weighted by molar-refractivity contribution is 0.0186. The Labute approximate surface area is 192 Å². The molecule has 1 saturated heterocycles. The maximum absolute atomic E-state index is 12.2. The molecule has 2 heterocycles. The Balaban J connectivity index is 0.00000420. The van der Waals surface area contributed by atoms with E-state index in [9.17, 15) is 18.3 Å². The Bertz CT molecular complexity index is 785. The van der Waals surface area contributed by atoms with E-state index >= 15 is 0 Å². The van der Waals surface area contributed by atoms with Crippen molar-refractivity contribution < 1.29 is 23.1 Å². The number of aliphatic hydroxyl groups is 1. The largest absolute Gasteiger partial charge is 0.444 e. The van der Waals surface area contributed by atoms with E-state index in [1.165, 1.54) is 6.07 Å². The molecule has 0 aromatic carbocycles. The summed E-state index contributed by atoms with van der Waals surface area (Å²) in [6.07, 6.45) is -1.51. The van der Waals surface area contributed by atoms with Crippen LogP contribution in [0.15, 0.2) is 26.7 Å². The molecule has 1 aromatic heterocycles. The van der Waals surface area contributed by atoms with Crippen LogP contribution in [0.2, 0.25) is 0 Å². The van der Waals surface area contributed by atoms with Crippen LogP contribution in [0.1, 0.15) is 20.8 Å². The van der Waals surface area contributed by atoms with Crippen molar-refractivity contribution in [2.75, 3.05) is 38.5 Å². The SMILES string of the molecule is CC(C)(C)OC(=O)N1CCN(C(N)=NCC(O)CS(=O)(=O)c2cccs2)CC1.I. The van der Waals surface area contributed by atoms with Crippen molar-refractivity contribution in [2.24, 2.45) is 10.7 Å². The molecule has 0 spiro atoms. The number of amides is 1. The summed E-state index contributed by atoms with van der Waals surface area (Å²) >= 11 is 1.11. The summed E-state index contributed by atoms with van der Waals surface area (Å²) in [5.41, 5.74) is 5.41. The molecule has 9 nitrogen and oxygen atoms in total. The first-order chi connectivity index (χ1) is 13.0. The molecule has 1 aliphatic rings. The topological polar surface area (TPSA) is 126 Å². The number of carbonyl (C=O) groups excluding carboxylic acids is 1. The summed E-state index contributed by atoms with van der Waals surface area (Å²) in [5.74, 6) is -0.187. The highest BCUT2D eigenvalue weighted by atomic mass is 127. The minimum atomic E-state index is -3.53. The molecule has 0 radical (unpaired) electrons. The molecule has 0 bridgehead atoms. The van der Waals surface area contributed by atoms with Gasteiger partial charge >= 0.3 is 6.09 Å². The summed E-state index contributed by atoms with van der Waals surface area (Å²) in [5, 5.41) is 11.7. The Hall–Kier alpha value is -1.12. The molecule has 1 amide bonds. The summed E-state index contributed by atoms with van der Waals surface area (Å²) in [4.78, 5) is 19.6. The number of thiophene rings is 1. The number of ether oxygens (including phenoxy) is 1. The van der Waals surface area contributed by atoms with Gasteiger partial charge in [0.2, 0.25) is 0 Å². The first-order valence-corrected chi connectivity index (χ1v) is 11.5. The summed E-state index contributed by atoms with van der Waals surface area (Å²) in [7, 11) is -3.53. The van der Waals surface area contributed by atoms with Crippen molar-refractivity contribution in [1.29, 1.82) is 0 Å². The highest BCUT2D eigenvalue weighted by Gasteiger charge is 2.26. The lowest BCUT2D eigenvalue weighted by Crippen LogP contribution is -2.53. The van der Waals surface area contributed by atoms with Crippen molar-refractivity contribution in [3.05, 3.63) is 17.5 Å². The maximum Gasteiger partial charge on any atom is 0.410 e. The fraction of sp³-hybridized carbons (Fsp3) is 0.647. The van der Waals surface area contributed by atoms with Gasteiger partial charge < -0.3 is 25.4 Å². The van der Waals surface area contributed by atoms with Crippen molar-refractivity contribution in [3.63, 3.8) is 0 Å². The molecule has 1 fully saturated rings. The fourth-order valence-electron chi connectivity index (χ4n) is 2.57. The Morgan fingerprint density at radius 1 is 1.31 bits per heavy atom. The van der Waals surface area contributed by atoms with E-state index in [0.717, 1.165) is 11.3 Å². The van der Waals surface area contributed by atoms with E-state index in [2.05, 4.69) is 4.99 Å². The molecule has 2 rings (SSSR count). The summed E-state index contributed by atoms with van der Waals surface area (Å²) in [6.45, 7) is 7.20. The normalized spacial score (nSPS) is 16.9. The second-order valence-corrected chi connectivity index (χ2v) is 10.7. The predicted octanol–water partition coefficient (Wildman–Crippen LogP) is 1.37. The van der Waals surface area contributed by atoms with Crippen LogP contribution in [0.4, 0.5) is 4.79 Å². The van der Waals surface area contributed by atoms with Gasteiger partial charge in [0.05, 0.1) is 18.4 Å². The maximum atomic E-state index is 12.2. The zero-order valence-corrected chi connectivity index (χ0v) is 20.7. The minimum Gasteiger partial charge on any atom is -0.444 e. The standard InChI is InChI=1S/C17H28N4O5S2.HI/c1-17(2,3)26-16(23)21-8-6-20(7-9-21)15(18)19-11-13(22)12-28(24,25)14-5-4-10-27-14;/h4-5,10,13,22H,6-9,11-12H2,1-3H3,(H2,18,19);1H. The molecule has 1 atom stereocenters. The van der Waals surface area contributed by atoms with Gasteiger partial charge in [0.1, 0.15) is 9.81 Å². The number of sulfone groups is 1. The van der Waals surface area contributed by atoms with Gasteiger partial charge in [-0.05, 0) is 32.2 Å². The number of nitrogens with zero attached hydrogens (tertiary/aromatic N) is 3. The number of rotatable bonds is 5. The highest BCUT2D eigenvalue weighted by molar-refractivity contribution is 14.0. The highest BCUT2D eigenvalue weighted by Crippen LogP contribution is 2.18. The van der Waals surface area contributed by atoms with Gasteiger partial charge in [0.15, 0.2) is 15.8 Å². The van der Waals surface area contributed by atoms with Crippen LogP contribution in [0.5, 0.6) is 0 Å². The molecule has 1 aliphatic heterocycles. The average Bonchev–Trinajstić information content (AvgIpc) is 3.13. The van der Waals surface area contributed by atoms with E-state index in [1.54, 1.807) is 21.2 Å². The van der Waals surface area contributed by atoms with Gasteiger partial charge in [0.25, 0.3) is 0 Å². The Morgan fingerprint density at radius 2 is 1.90 bits per heavy atom. The molecule has 1 unspecified atom stereocenters. The molecule has 12 heteroatoms. The molecule has 29 heavy (non-hydrogen) atoms. The summed E-state index contributed by atoms with van der Waals surface area (Å²) < 4.78 is 29.9. The third kappa shape index (κ3) is 8.26. The van der Waals surface area contributed by atoms with E-state index < -0.39 is 27.3 Å². The predicted molar refractivity (Wildman–Crippen MR) is 124 cm³/mol. The molecule has 0 saturated carbocycles. The molecule has 166 valence electrons. The quantitative estimate of drug-likeness (QED) is 0.317. The lowest BCUT2D eigenvalue weighted by atomic mass is 10.2. The number of halogens is 1. The first kappa shape index (κ1) is 25.9. The van der Waals surface area contributed by atoms with Gasteiger partial charge in [-0.15, -0.1) is 35.3 Å². The van der Waals surface area contributed by atoms with Crippen LogP contribution in [0, 0.1) is 0 Å². The number of aliphatic hydroxyl groups excluding tert-OH is 1. The molecule has 3 N–H and O–H groups in total. The molecular formula is C17H29IN4O5S2. The lowest BCUT2D eigenvalue weighted by Gasteiger charge is -2.36. The average molecular weight is 560 g/mol. The Kier molecular flexibility index (Phi) is 9.63. The monoisotopic (exact) mass is 560 g/mol. The number of guanidine groups is 1. The van der Waals surface area contributed by atoms with E-state index in [1.807, 2.05) is 20.8 Å². The molecular weight excluding hydrogens is 531 g/mol. The van der Waals surface area contributed by atoms with E-state index in [0.29, 0.717) is 26.2 Å². The second-order valence-electron chi connectivity index (χ2n) is 7.52. The number of hydrogen-bond acceptors (Lipinski definition) is 7. The van der Waals surface area contributed by atoms with Crippen molar-refractivity contribution in [1.82, 2.24) is 9.80 Å². The van der Waals surface area contributed by atoms with Gasteiger partial charge in [-0.1, -0.05) is 6.07 Å². The number of hydrogen-bond donors (Lipinski definition) is 2. The van der Waals surface area contributed by atoms with Crippen LogP contribution < -0.4 is 5.73 Å². The van der Waals surface area contributed by atoms with Crippen LogP contribution in [0.25, 0.3) is 0 Å². The zero-order valence-electron chi connectivity index (χ0n) is 16.8. The van der Waals surface area contributed by atoms with Gasteiger partial charge in [-0.3, -0.25) is 4.99 Å². The minimum absolute atomic E-state index is 0. The van der Waals surface area contributed by atoms with Gasteiger partial charge in [-0.25, -0.2) is 13.2 Å². The van der Waals surface area contributed by atoms with Crippen LogP contribution in [-0.2, 0) is 14.6 Å². The number of piperazine rings is 1. The van der Waals surface area contributed by atoms with Crippen LogP contribution >= 0.6 is 35.3 Å². The van der Waals surface area contributed by atoms with Crippen molar-refractivity contribution in [2.45, 2.75) is 36.7 Å². The van der Waals surface area contributed by atoms with Gasteiger partial charge in [0, 0.05) is 26.2 Å². The number of carbonyl (C=O) groups is 1. The fourth-order valence-corrected chi connectivity index (χ4v) is 5.04. The van der Waals surface area contributed by atoms with E-state index in [-0.39, 0.29) is 46.8 Å². The third-order valence-electron chi connectivity index (χ3n) is 3.93. The van der Waals surface area contributed by atoms with Crippen LogP contribution in [-0.4, -0.2) is 85.6 Å². The van der Waals surface area contributed by atoms with Gasteiger partial charge in [-0.2, -0.15) is 0 Å². The number of nitrogens with two attached hydrogens (primary N) is 1. The number of aliphatic imine (C=N–C) groups is 1. The molecule has 0 aliphatic carbocycles. The second kappa shape index (κ2) is 10.8. The van der Waals surface area contributed by atoms with Crippen LogP contribution in [0.3, 0.4) is 0 Å². The van der Waals surface area contributed by atoms with Crippen molar-refractivity contribution >= 4 is 57.2 Å². The van der Waals surface area contributed by atoms with Crippen molar-refractivity contribution in [3.8, 4) is 0 Å². The smallest absolute Gasteiger partial charge is 0.410 e. The summed E-state index contributed by atoms with van der Waals surface area (Å²) in [6, 6.07) is 3.16. The Morgan fingerprint density at radius 3 is 2.41 bits per heavy atom. The first-order valence-electron chi connectivity index (χ1n) is 8.95. The van der Waals surface area contributed by atoms with E-state index in [4.69, 9.17) is 10.5 Å². The third-order valence-corrected chi connectivity index (χ3v) is 7.22. The molecule has 1 aromatic rings.